The Bertz CT molecular complexity index is 1310. The summed E-state index contributed by atoms with van der Waals surface area (Å²) in [7, 11) is 0. The Morgan fingerprint density at radius 1 is 0.912 bits per heavy atom. The van der Waals surface area contributed by atoms with Crippen molar-refractivity contribution in [3.63, 3.8) is 0 Å². The maximum Gasteiger partial charge on any atom is 0.303 e. The van der Waals surface area contributed by atoms with Crippen molar-refractivity contribution in [3.8, 4) is 11.1 Å². The van der Waals surface area contributed by atoms with Crippen LogP contribution in [0.25, 0.3) is 11.1 Å². The molecule has 2 amide bonds. The lowest BCUT2D eigenvalue weighted by Gasteiger charge is -2.30. The van der Waals surface area contributed by atoms with Crippen LogP contribution < -0.4 is 5.73 Å². The summed E-state index contributed by atoms with van der Waals surface area (Å²) in [6.07, 6.45) is -0.430. The fourth-order valence-electron chi connectivity index (χ4n) is 4.37. The Hall–Kier alpha value is -4.26. The number of nitrogens with two attached hydrogens (primary N) is 1. The molecule has 1 aliphatic rings. The van der Waals surface area contributed by atoms with Gasteiger partial charge < -0.3 is 15.7 Å². The number of carboxylic acid groups (broad SMARTS) is 1. The predicted octanol–water partition coefficient (Wildman–Crippen LogP) is 3.57. The van der Waals surface area contributed by atoms with Crippen molar-refractivity contribution in [1.82, 2.24) is 4.90 Å². The summed E-state index contributed by atoms with van der Waals surface area (Å²) in [5.74, 6) is -2.54. The molecule has 3 N–H and O–H groups in total. The van der Waals surface area contributed by atoms with Crippen LogP contribution in [0, 0.1) is 6.92 Å². The number of nitrogens with zero attached hydrogens (tertiary/aromatic N) is 1. The second kappa shape index (κ2) is 9.31. The molecule has 7 nitrogen and oxygen atoms in total. The summed E-state index contributed by atoms with van der Waals surface area (Å²) >= 11 is 0. The topological polar surface area (TPSA) is 118 Å². The van der Waals surface area contributed by atoms with Gasteiger partial charge in [0.2, 0.25) is 5.91 Å². The number of aryl methyl sites for hydroxylation is 1. The van der Waals surface area contributed by atoms with Crippen LogP contribution in [0.4, 0.5) is 0 Å². The molecule has 0 aliphatic heterocycles. The quantitative estimate of drug-likeness (QED) is 0.420. The highest BCUT2D eigenvalue weighted by molar-refractivity contribution is 6.22. The van der Waals surface area contributed by atoms with Crippen LogP contribution in [0.15, 0.2) is 66.7 Å². The van der Waals surface area contributed by atoms with Gasteiger partial charge in [-0.3, -0.25) is 19.2 Å². The number of hydrogen-bond donors (Lipinski definition) is 2. The van der Waals surface area contributed by atoms with Gasteiger partial charge in [0.05, 0.1) is 0 Å². The van der Waals surface area contributed by atoms with Gasteiger partial charge in [-0.15, -0.1) is 0 Å². The van der Waals surface area contributed by atoms with Crippen LogP contribution in [0.1, 0.15) is 50.2 Å². The number of carboxylic acids is 1. The van der Waals surface area contributed by atoms with Crippen molar-refractivity contribution in [1.29, 1.82) is 0 Å². The molecule has 0 heterocycles. The Kier molecular flexibility index (Phi) is 6.27. The minimum Gasteiger partial charge on any atom is -0.481 e. The minimum absolute atomic E-state index is 0.0684. The van der Waals surface area contributed by atoms with Crippen LogP contribution >= 0.6 is 0 Å². The van der Waals surface area contributed by atoms with Crippen LogP contribution in [-0.4, -0.2) is 39.6 Å². The molecule has 0 aromatic heterocycles. The smallest absolute Gasteiger partial charge is 0.303 e. The standard InChI is InChI=1S/C27H24N2O5/c1-16-5-4-6-17(13-16)15-29(23(26(28)33)11-12-24(30)31)27(34)18-9-10-20-19-7-2-3-8-21(19)25(32)22(20)14-18/h2-10,13-14,23H,11-12,15H2,1H3,(H2,28,33)(H,30,31)/t23-/m0/s1. The molecular weight excluding hydrogens is 432 g/mol. The zero-order chi connectivity index (χ0) is 24.4. The molecule has 4 rings (SSSR count). The number of ketones is 1. The molecule has 3 aromatic carbocycles. The van der Waals surface area contributed by atoms with Gasteiger partial charge in [0.25, 0.3) is 5.91 Å². The third-order valence-electron chi connectivity index (χ3n) is 6.01. The van der Waals surface area contributed by atoms with E-state index in [0.29, 0.717) is 11.1 Å². The first-order valence-corrected chi connectivity index (χ1v) is 10.9. The molecule has 0 unspecified atom stereocenters. The Labute approximate surface area is 196 Å². The summed E-state index contributed by atoms with van der Waals surface area (Å²) in [5, 5.41) is 9.14. The van der Waals surface area contributed by atoms with E-state index in [2.05, 4.69) is 0 Å². The molecule has 0 saturated heterocycles. The number of fused-ring (bicyclic) bond motifs is 3. The number of aliphatic carboxylic acids is 1. The van der Waals surface area contributed by atoms with Gasteiger partial charge in [-0.25, -0.2) is 0 Å². The summed E-state index contributed by atoms with van der Waals surface area (Å²) in [4.78, 5) is 51.4. The second-order valence-electron chi connectivity index (χ2n) is 8.41. The summed E-state index contributed by atoms with van der Waals surface area (Å²) in [5.41, 5.74) is 10.2. The molecule has 7 heteroatoms. The van der Waals surface area contributed by atoms with Crippen molar-refractivity contribution in [2.75, 3.05) is 0 Å². The molecule has 172 valence electrons. The summed E-state index contributed by atoms with van der Waals surface area (Å²) in [6, 6.07) is 18.5. The lowest BCUT2D eigenvalue weighted by Crippen LogP contribution is -2.47. The Morgan fingerprint density at radius 2 is 1.62 bits per heavy atom. The van der Waals surface area contributed by atoms with Crippen molar-refractivity contribution < 1.29 is 24.3 Å². The first-order valence-electron chi connectivity index (χ1n) is 10.9. The Morgan fingerprint density at radius 3 is 2.29 bits per heavy atom. The highest BCUT2D eigenvalue weighted by atomic mass is 16.4. The third-order valence-corrected chi connectivity index (χ3v) is 6.01. The van der Waals surface area contributed by atoms with Gasteiger partial charge in [-0.2, -0.15) is 0 Å². The van der Waals surface area contributed by atoms with E-state index in [9.17, 15) is 19.2 Å². The number of carbonyl (C=O) groups is 4. The van der Waals surface area contributed by atoms with Crippen LogP contribution in [0.3, 0.4) is 0 Å². The van der Waals surface area contributed by atoms with E-state index in [4.69, 9.17) is 10.8 Å². The van der Waals surface area contributed by atoms with Gasteiger partial charge in [0, 0.05) is 29.7 Å². The van der Waals surface area contributed by atoms with Crippen LogP contribution in [0.5, 0.6) is 0 Å². The van der Waals surface area contributed by atoms with Crippen molar-refractivity contribution in [3.05, 3.63) is 94.5 Å². The van der Waals surface area contributed by atoms with Crippen LogP contribution in [0.2, 0.25) is 0 Å². The number of rotatable bonds is 8. The maximum absolute atomic E-state index is 13.7. The average Bonchev–Trinajstić information content (AvgIpc) is 3.09. The lowest BCUT2D eigenvalue weighted by molar-refractivity contribution is -0.137. The molecule has 1 aliphatic carbocycles. The maximum atomic E-state index is 13.7. The van der Waals surface area contributed by atoms with Gasteiger partial charge in [-0.05, 0) is 42.2 Å². The van der Waals surface area contributed by atoms with Gasteiger partial charge in [0.15, 0.2) is 5.78 Å². The SMILES string of the molecule is Cc1cccc(CN(C(=O)c2ccc3c(c2)C(=O)c2ccccc2-3)[C@@H](CCC(=O)O)C(N)=O)c1. The first kappa shape index (κ1) is 22.9. The molecule has 0 bridgehead atoms. The average molecular weight is 456 g/mol. The molecule has 0 saturated carbocycles. The van der Waals surface area contributed by atoms with Crippen LogP contribution in [-0.2, 0) is 16.1 Å². The predicted molar refractivity (Wildman–Crippen MR) is 126 cm³/mol. The lowest BCUT2D eigenvalue weighted by atomic mass is 10.0. The van der Waals surface area contributed by atoms with E-state index in [0.717, 1.165) is 22.3 Å². The molecule has 3 aromatic rings. The van der Waals surface area contributed by atoms with Crippen molar-refractivity contribution in [2.45, 2.75) is 32.4 Å². The van der Waals surface area contributed by atoms with Crippen molar-refractivity contribution in [2.24, 2.45) is 5.73 Å². The number of carbonyl (C=O) groups excluding carboxylic acids is 3. The largest absolute Gasteiger partial charge is 0.481 e. The minimum atomic E-state index is -1.12. The highest BCUT2D eigenvalue weighted by Gasteiger charge is 2.32. The molecule has 0 fully saturated rings. The first-order chi connectivity index (χ1) is 16.3. The number of primary amides is 1. The van der Waals surface area contributed by atoms with Gasteiger partial charge in [0.1, 0.15) is 6.04 Å². The van der Waals surface area contributed by atoms with Gasteiger partial charge >= 0.3 is 5.97 Å². The molecule has 1 atom stereocenters. The molecule has 0 spiro atoms. The zero-order valence-corrected chi connectivity index (χ0v) is 18.7. The number of amides is 2. The molecule has 0 radical (unpaired) electrons. The fraction of sp³-hybridized carbons (Fsp3) is 0.185. The summed E-state index contributed by atoms with van der Waals surface area (Å²) in [6.45, 7) is 1.98. The Balaban J connectivity index is 1.72. The van der Waals surface area contributed by atoms with E-state index in [-0.39, 0.29) is 30.7 Å². The van der Waals surface area contributed by atoms with E-state index < -0.39 is 23.8 Å². The normalized spacial score (nSPS) is 12.6. The van der Waals surface area contributed by atoms with E-state index in [1.165, 1.54) is 4.90 Å². The fourth-order valence-corrected chi connectivity index (χ4v) is 4.37. The number of benzene rings is 3. The molecular formula is C27H24N2O5. The molecule has 34 heavy (non-hydrogen) atoms. The summed E-state index contributed by atoms with van der Waals surface area (Å²) < 4.78 is 0. The van der Waals surface area contributed by atoms with Crippen molar-refractivity contribution >= 4 is 23.6 Å². The van der Waals surface area contributed by atoms with E-state index >= 15 is 0 Å². The zero-order valence-electron chi connectivity index (χ0n) is 18.7. The third kappa shape index (κ3) is 4.45. The van der Waals surface area contributed by atoms with Gasteiger partial charge in [-0.1, -0.05) is 60.2 Å². The second-order valence-corrected chi connectivity index (χ2v) is 8.41. The van der Waals surface area contributed by atoms with E-state index in [1.807, 2.05) is 43.3 Å². The highest BCUT2D eigenvalue weighted by Crippen LogP contribution is 2.37. The monoisotopic (exact) mass is 456 g/mol. The number of hydrogen-bond acceptors (Lipinski definition) is 4. The van der Waals surface area contributed by atoms with E-state index in [1.54, 1.807) is 30.3 Å².